The van der Waals surface area contributed by atoms with Gasteiger partial charge >= 0.3 is 0 Å². The van der Waals surface area contributed by atoms with Gasteiger partial charge in [0.05, 0.1) is 0 Å². The average Bonchev–Trinajstić information content (AvgIpc) is 2.48. The number of anilines is 1. The normalized spacial score (nSPS) is 24.9. The van der Waals surface area contributed by atoms with E-state index in [1.807, 2.05) is 6.07 Å². The number of amides is 1. The fourth-order valence-electron chi connectivity index (χ4n) is 4.32. The summed E-state index contributed by atoms with van der Waals surface area (Å²) in [5.41, 5.74) is 2.30. The van der Waals surface area contributed by atoms with Crippen molar-refractivity contribution in [1.29, 1.82) is 0 Å². The van der Waals surface area contributed by atoms with E-state index < -0.39 is 5.38 Å². The summed E-state index contributed by atoms with van der Waals surface area (Å²) in [7, 11) is 0. The number of rotatable bonds is 1. The average molecular weight is 385 g/mol. The molecule has 22 heavy (non-hydrogen) atoms. The maximum Gasteiger partial charge on any atom is 0.245 e. The fourth-order valence-corrected chi connectivity index (χ4v) is 4.79. The van der Waals surface area contributed by atoms with E-state index in [4.69, 9.17) is 11.6 Å². The van der Waals surface area contributed by atoms with Gasteiger partial charge in [0.1, 0.15) is 5.38 Å². The van der Waals surface area contributed by atoms with Gasteiger partial charge in [-0.3, -0.25) is 4.79 Å². The standard InChI is InChI=1S/C18H23BrClNO/c1-12-11-18(8-4-3-5-9-18)21(17(22)13(2)20)16-7-6-14(19)10-15(12)16/h6-7,10,12-13H,3-5,8-9,11H2,1-2H3. The molecule has 0 radical (unpaired) electrons. The molecule has 1 spiro atoms. The largest absolute Gasteiger partial charge is 0.305 e. The molecule has 3 rings (SSSR count). The van der Waals surface area contributed by atoms with Gasteiger partial charge in [0.2, 0.25) is 5.91 Å². The number of hydrogen-bond acceptors (Lipinski definition) is 1. The van der Waals surface area contributed by atoms with Crippen LogP contribution in [0.15, 0.2) is 22.7 Å². The van der Waals surface area contributed by atoms with Crippen LogP contribution in [0.25, 0.3) is 0 Å². The molecule has 0 bridgehead atoms. The van der Waals surface area contributed by atoms with E-state index in [0.717, 1.165) is 29.4 Å². The molecule has 1 aliphatic heterocycles. The summed E-state index contributed by atoms with van der Waals surface area (Å²) in [6.07, 6.45) is 6.94. The van der Waals surface area contributed by atoms with Crippen molar-refractivity contribution in [3.63, 3.8) is 0 Å². The molecule has 120 valence electrons. The maximum absolute atomic E-state index is 12.9. The second-order valence-electron chi connectivity index (χ2n) is 6.88. The number of halogens is 2. The van der Waals surface area contributed by atoms with E-state index in [0.29, 0.717) is 5.92 Å². The highest BCUT2D eigenvalue weighted by molar-refractivity contribution is 9.10. The second kappa shape index (κ2) is 6.16. The van der Waals surface area contributed by atoms with E-state index in [1.54, 1.807) is 6.92 Å². The van der Waals surface area contributed by atoms with Crippen molar-refractivity contribution in [2.24, 2.45) is 0 Å². The number of hydrogen-bond donors (Lipinski definition) is 0. The highest BCUT2D eigenvalue weighted by atomic mass is 79.9. The fraction of sp³-hybridized carbons (Fsp3) is 0.611. The first-order valence-electron chi connectivity index (χ1n) is 8.22. The molecule has 1 aliphatic carbocycles. The summed E-state index contributed by atoms with van der Waals surface area (Å²) in [6.45, 7) is 4.07. The Hall–Kier alpha value is -0.540. The third kappa shape index (κ3) is 2.71. The number of carbonyl (C=O) groups excluding carboxylic acids is 1. The molecule has 1 amide bonds. The SMILES string of the molecule is CC(Cl)C(=O)N1c2ccc(Br)cc2C(C)CC12CCCCC2. The molecule has 0 aromatic heterocycles. The molecule has 1 aromatic rings. The van der Waals surface area contributed by atoms with Gasteiger partial charge in [-0.15, -0.1) is 11.6 Å². The van der Waals surface area contributed by atoms with E-state index in [2.05, 4.69) is 39.9 Å². The van der Waals surface area contributed by atoms with E-state index >= 15 is 0 Å². The smallest absolute Gasteiger partial charge is 0.245 e. The minimum Gasteiger partial charge on any atom is -0.305 e. The van der Waals surface area contributed by atoms with Gasteiger partial charge in [-0.1, -0.05) is 42.1 Å². The predicted octanol–water partition coefficient (Wildman–Crippen LogP) is 5.62. The topological polar surface area (TPSA) is 20.3 Å². The number of benzene rings is 1. The molecular formula is C18H23BrClNO. The van der Waals surface area contributed by atoms with Crippen LogP contribution in [0.3, 0.4) is 0 Å². The van der Waals surface area contributed by atoms with Crippen LogP contribution in [0.5, 0.6) is 0 Å². The maximum atomic E-state index is 12.9. The zero-order valence-electron chi connectivity index (χ0n) is 13.2. The van der Waals surface area contributed by atoms with Crippen molar-refractivity contribution >= 4 is 39.1 Å². The third-order valence-electron chi connectivity index (χ3n) is 5.27. The molecule has 1 fully saturated rings. The van der Waals surface area contributed by atoms with Gasteiger partial charge in [0, 0.05) is 15.7 Å². The lowest BCUT2D eigenvalue weighted by Gasteiger charge is -2.52. The Balaban J connectivity index is 2.13. The summed E-state index contributed by atoms with van der Waals surface area (Å²) in [4.78, 5) is 15.0. The van der Waals surface area contributed by atoms with Gasteiger partial charge in [0.15, 0.2) is 0 Å². The van der Waals surface area contributed by atoms with Crippen LogP contribution in [-0.4, -0.2) is 16.8 Å². The first-order chi connectivity index (χ1) is 10.4. The lowest BCUT2D eigenvalue weighted by Crippen LogP contribution is -2.58. The molecule has 1 heterocycles. The van der Waals surface area contributed by atoms with Gasteiger partial charge < -0.3 is 4.90 Å². The molecule has 4 heteroatoms. The van der Waals surface area contributed by atoms with Gasteiger partial charge in [-0.05, 0) is 55.9 Å². The Morgan fingerprint density at radius 2 is 2.05 bits per heavy atom. The summed E-state index contributed by atoms with van der Waals surface area (Å²) in [5, 5.41) is -0.483. The van der Waals surface area contributed by atoms with Crippen molar-refractivity contribution in [3.8, 4) is 0 Å². The third-order valence-corrected chi connectivity index (χ3v) is 5.95. The summed E-state index contributed by atoms with van der Waals surface area (Å²) in [5.74, 6) is 0.527. The Bertz CT molecular complexity index is 580. The molecule has 1 aromatic carbocycles. The van der Waals surface area contributed by atoms with Crippen molar-refractivity contribution in [2.75, 3.05) is 4.90 Å². The second-order valence-corrected chi connectivity index (χ2v) is 8.45. The summed E-state index contributed by atoms with van der Waals surface area (Å²) >= 11 is 9.76. The first-order valence-corrected chi connectivity index (χ1v) is 9.45. The van der Waals surface area contributed by atoms with Gasteiger partial charge in [-0.2, -0.15) is 0 Å². The van der Waals surface area contributed by atoms with Crippen LogP contribution >= 0.6 is 27.5 Å². The van der Waals surface area contributed by atoms with Crippen LogP contribution < -0.4 is 4.90 Å². The van der Waals surface area contributed by atoms with Crippen LogP contribution in [0.2, 0.25) is 0 Å². The first kappa shape index (κ1) is 16.3. The van der Waals surface area contributed by atoms with Crippen molar-refractivity contribution < 1.29 is 4.79 Å². The quantitative estimate of drug-likeness (QED) is 0.575. The molecule has 2 unspecified atom stereocenters. The molecule has 1 saturated carbocycles. The number of alkyl halides is 1. The van der Waals surface area contributed by atoms with Crippen molar-refractivity contribution in [1.82, 2.24) is 0 Å². The number of fused-ring (bicyclic) bond motifs is 1. The molecule has 2 nitrogen and oxygen atoms in total. The lowest BCUT2D eigenvalue weighted by atomic mass is 9.70. The Kier molecular flexibility index (Phi) is 4.57. The molecule has 2 atom stereocenters. The van der Waals surface area contributed by atoms with Crippen LogP contribution in [0, 0.1) is 0 Å². The number of nitrogens with zero attached hydrogens (tertiary/aromatic N) is 1. The van der Waals surface area contributed by atoms with Crippen molar-refractivity contribution in [3.05, 3.63) is 28.2 Å². The monoisotopic (exact) mass is 383 g/mol. The number of carbonyl (C=O) groups is 1. The summed E-state index contributed by atoms with van der Waals surface area (Å²) < 4.78 is 1.07. The minimum absolute atomic E-state index is 0.0290. The lowest BCUT2D eigenvalue weighted by molar-refractivity contribution is -0.119. The van der Waals surface area contributed by atoms with Crippen LogP contribution in [0.1, 0.15) is 63.9 Å². The van der Waals surface area contributed by atoms with E-state index in [-0.39, 0.29) is 11.4 Å². The zero-order valence-corrected chi connectivity index (χ0v) is 15.6. The molecule has 2 aliphatic rings. The Morgan fingerprint density at radius 1 is 1.36 bits per heavy atom. The Labute approximate surface area is 146 Å². The summed E-state index contributed by atoms with van der Waals surface area (Å²) in [6, 6.07) is 6.28. The molecule has 0 saturated heterocycles. The minimum atomic E-state index is -0.483. The zero-order chi connectivity index (χ0) is 15.9. The van der Waals surface area contributed by atoms with Crippen molar-refractivity contribution in [2.45, 2.75) is 69.2 Å². The Morgan fingerprint density at radius 3 is 2.68 bits per heavy atom. The van der Waals surface area contributed by atoms with Gasteiger partial charge in [0.25, 0.3) is 0 Å². The van der Waals surface area contributed by atoms with Crippen LogP contribution in [-0.2, 0) is 4.79 Å². The van der Waals surface area contributed by atoms with Crippen LogP contribution in [0.4, 0.5) is 5.69 Å². The highest BCUT2D eigenvalue weighted by Gasteiger charge is 2.47. The van der Waals surface area contributed by atoms with Gasteiger partial charge in [-0.25, -0.2) is 0 Å². The highest BCUT2D eigenvalue weighted by Crippen LogP contribution is 2.50. The predicted molar refractivity (Wildman–Crippen MR) is 95.8 cm³/mol. The van der Waals surface area contributed by atoms with E-state index in [9.17, 15) is 4.79 Å². The molecular weight excluding hydrogens is 362 g/mol. The molecule has 0 N–H and O–H groups in total. The van der Waals surface area contributed by atoms with E-state index in [1.165, 1.54) is 24.8 Å².